The summed E-state index contributed by atoms with van der Waals surface area (Å²) < 4.78 is 0. The van der Waals surface area contributed by atoms with Gasteiger partial charge in [0.15, 0.2) is 0 Å². The fraction of sp³-hybridized carbons (Fsp3) is 0.200. The van der Waals surface area contributed by atoms with Gasteiger partial charge in [-0.05, 0) is 41.1 Å². The highest BCUT2D eigenvalue weighted by Crippen LogP contribution is 2.43. The van der Waals surface area contributed by atoms with Crippen LogP contribution in [0.1, 0.15) is 22.3 Å². The van der Waals surface area contributed by atoms with Crippen LogP contribution in [0, 0.1) is 6.92 Å². The van der Waals surface area contributed by atoms with Gasteiger partial charge in [0.1, 0.15) is 0 Å². The van der Waals surface area contributed by atoms with E-state index in [1.165, 1.54) is 21.9 Å². The Hall–Kier alpha value is -1.13. The number of allylic oxidation sites excluding steroid dienone is 1. The van der Waals surface area contributed by atoms with Gasteiger partial charge < -0.3 is 0 Å². The van der Waals surface area contributed by atoms with Gasteiger partial charge in [-0.1, -0.05) is 42.5 Å². The van der Waals surface area contributed by atoms with Crippen LogP contribution in [0.15, 0.2) is 36.4 Å². The monoisotopic (exact) mass is 226 g/mol. The zero-order valence-corrected chi connectivity index (χ0v) is 10.6. The molecule has 80 valence electrons. The maximum absolute atomic E-state index is 2.36. The first-order valence-corrected chi connectivity index (χ1v) is 7.26. The second kappa shape index (κ2) is 3.71. The van der Waals surface area contributed by atoms with Crippen molar-refractivity contribution >= 4 is 25.4 Å². The van der Waals surface area contributed by atoms with Crippen molar-refractivity contribution in [3.05, 3.63) is 53.1 Å². The molecule has 1 aliphatic rings. The molecule has 0 N–H and O–H groups in total. The van der Waals surface area contributed by atoms with Gasteiger partial charge in [0.05, 0.1) is 0 Å². The molecule has 0 bridgehead atoms. The molecule has 0 amide bonds. The first-order chi connectivity index (χ1) is 7.81. The summed E-state index contributed by atoms with van der Waals surface area (Å²) in [6.45, 7) is 4.53. The summed E-state index contributed by atoms with van der Waals surface area (Å²) in [5.41, 5.74) is 4.99. The van der Waals surface area contributed by atoms with Crippen molar-refractivity contribution in [2.24, 2.45) is 0 Å². The van der Waals surface area contributed by atoms with E-state index in [4.69, 9.17) is 0 Å². The Labute approximate surface area is 98.2 Å². The van der Waals surface area contributed by atoms with Crippen molar-refractivity contribution in [1.82, 2.24) is 0 Å². The molecule has 0 fully saturated rings. The predicted octanol–water partition coefficient (Wildman–Crippen LogP) is 4.52. The van der Waals surface area contributed by atoms with E-state index in [9.17, 15) is 0 Å². The van der Waals surface area contributed by atoms with E-state index in [1.54, 1.807) is 5.56 Å². The summed E-state index contributed by atoms with van der Waals surface area (Å²) in [7, 11) is 0.944. The van der Waals surface area contributed by atoms with Gasteiger partial charge in [0.2, 0.25) is 0 Å². The molecule has 16 heavy (non-hydrogen) atoms. The predicted molar refractivity (Wildman–Crippen MR) is 74.7 cm³/mol. The average Bonchev–Trinajstić information content (AvgIpc) is 2.33. The third-order valence-corrected chi connectivity index (χ3v) is 4.53. The third kappa shape index (κ3) is 1.33. The topological polar surface area (TPSA) is 0 Å². The molecule has 0 heterocycles. The lowest BCUT2D eigenvalue weighted by atomic mass is 9.90. The van der Waals surface area contributed by atoms with Gasteiger partial charge in [0.25, 0.3) is 0 Å². The first kappa shape index (κ1) is 10.1. The Morgan fingerprint density at radius 1 is 1.12 bits per heavy atom. The fourth-order valence-corrected chi connectivity index (χ4v) is 3.57. The number of hydrogen-bond donors (Lipinski definition) is 0. The van der Waals surface area contributed by atoms with Crippen molar-refractivity contribution in [3.8, 4) is 0 Å². The molecule has 0 aromatic heterocycles. The van der Waals surface area contributed by atoms with Crippen molar-refractivity contribution in [1.29, 1.82) is 0 Å². The maximum Gasteiger partial charge on any atom is 0.0202 e. The van der Waals surface area contributed by atoms with E-state index in [0.29, 0.717) is 5.66 Å². The number of benzene rings is 2. The Morgan fingerprint density at radius 3 is 2.81 bits per heavy atom. The van der Waals surface area contributed by atoms with Crippen LogP contribution >= 0.6 is 8.58 Å². The SMILES string of the molecule is CPC1C=Cc2cccc3ccc(C)c1c23. The standard InChI is InChI=1S/C15H15P/c1-10-6-7-11-4-3-5-12-8-9-13(16-2)14(10)15(11)12/h3-9,13,16H,1-2H3. The Bertz CT molecular complexity index is 581. The highest BCUT2D eigenvalue weighted by Gasteiger charge is 2.17. The number of aryl methyl sites for hydroxylation is 1. The second-order valence-electron chi connectivity index (χ2n) is 4.37. The van der Waals surface area contributed by atoms with Crippen LogP contribution in [-0.2, 0) is 0 Å². The average molecular weight is 226 g/mol. The summed E-state index contributed by atoms with van der Waals surface area (Å²) in [6.07, 6.45) is 4.65. The molecule has 2 aromatic rings. The van der Waals surface area contributed by atoms with Gasteiger partial charge in [-0.3, -0.25) is 0 Å². The molecule has 2 aromatic carbocycles. The lowest BCUT2D eigenvalue weighted by Crippen LogP contribution is -1.99. The Balaban J connectivity index is 2.45. The van der Waals surface area contributed by atoms with Crippen LogP contribution in [0.5, 0.6) is 0 Å². The van der Waals surface area contributed by atoms with E-state index in [1.807, 2.05) is 0 Å². The summed E-state index contributed by atoms with van der Waals surface area (Å²) in [4.78, 5) is 0. The van der Waals surface area contributed by atoms with Crippen LogP contribution in [-0.4, -0.2) is 6.66 Å². The van der Waals surface area contributed by atoms with Crippen molar-refractivity contribution in [3.63, 3.8) is 0 Å². The molecule has 2 atom stereocenters. The summed E-state index contributed by atoms with van der Waals surface area (Å²) in [6, 6.07) is 11.1. The third-order valence-electron chi connectivity index (χ3n) is 3.43. The molecular formula is C15H15P. The second-order valence-corrected chi connectivity index (χ2v) is 5.57. The molecule has 2 unspecified atom stereocenters. The molecule has 0 saturated carbocycles. The molecule has 0 spiro atoms. The molecule has 3 rings (SSSR count). The van der Waals surface area contributed by atoms with E-state index in [2.05, 4.69) is 56.1 Å². The van der Waals surface area contributed by atoms with Gasteiger partial charge in [-0.15, -0.1) is 8.58 Å². The zero-order chi connectivity index (χ0) is 11.1. The van der Waals surface area contributed by atoms with Crippen LogP contribution in [0.3, 0.4) is 0 Å². The summed E-state index contributed by atoms with van der Waals surface area (Å²) >= 11 is 0. The van der Waals surface area contributed by atoms with Crippen molar-refractivity contribution < 1.29 is 0 Å². The van der Waals surface area contributed by atoms with Gasteiger partial charge >= 0.3 is 0 Å². The van der Waals surface area contributed by atoms with E-state index < -0.39 is 0 Å². The fourth-order valence-electron chi connectivity index (χ4n) is 2.62. The normalized spacial score (nSPS) is 18.8. The highest BCUT2D eigenvalue weighted by molar-refractivity contribution is 7.37. The Kier molecular flexibility index (Phi) is 2.33. The van der Waals surface area contributed by atoms with Gasteiger partial charge in [0, 0.05) is 5.66 Å². The Morgan fingerprint density at radius 2 is 2.00 bits per heavy atom. The molecular weight excluding hydrogens is 211 g/mol. The largest absolute Gasteiger partial charge is 0.113 e. The number of hydrogen-bond acceptors (Lipinski definition) is 0. The van der Waals surface area contributed by atoms with Gasteiger partial charge in [-0.25, -0.2) is 0 Å². The van der Waals surface area contributed by atoms with Crippen LogP contribution in [0.25, 0.3) is 16.8 Å². The van der Waals surface area contributed by atoms with E-state index in [0.717, 1.165) is 8.58 Å². The van der Waals surface area contributed by atoms with Crippen LogP contribution in [0.4, 0.5) is 0 Å². The lowest BCUT2D eigenvalue weighted by molar-refractivity contribution is 1.19. The number of rotatable bonds is 1. The molecule has 0 nitrogen and oxygen atoms in total. The lowest BCUT2D eigenvalue weighted by Gasteiger charge is -2.22. The molecule has 1 heteroatoms. The molecule has 1 aliphatic carbocycles. The quantitative estimate of drug-likeness (QED) is 0.627. The molecule has 0 aliphatic heterocycles. The first-order valence-electron chi connectivity index (χ1n) is 5.69. The minimum Gasteiger partial charge on any atom is -0.113 e. The van der Waals surface area contributed by atoms with Gasteiger partial charge in [-0.2, -0.15) is 0 Å². The van der Waals surface area contributed by atoms with Crippen LogP contribution in [0.2, 0.25) is 0 Å². The minimum absolute atomic E-state index is 0.624. The molecule has 0 radical (unpaired) electrons. The summed E-state index contributed by atoms with van der Waals surface area (Å²) in [5.74, 6) is 0. The zero-order valence-electron chi connectivity index (χ0n) is 9.62. The highest BCUT2D eigenvalue weighted by atomic mass is 31.1. The van der Waals surface area contributed by atoms with E-state index >= 15 is 0 Å². The smallest absolute Gasteiger partial charge is 0.0202 e. The van der Waals surface area contributed by atoms with E-state index in [-0.39, 0.29) is 0 Å². The summed E-state index contributed by atoms with van der Waals surface area (Å²) in [5, 5.41) is 2.86. The maximum atomic E-state index is 2.36. The van der Waals surface area contributed by atoms with Crippen LogP contribution < -0.4 is 0 Å². The minimum atomic E-state index is 0.624. The van der Waals surface area contributed by atoms with Crippen molar-refractivity contribution in [2.75, 3.05) is 6.66 Å². The van der Waals surface area contributed by atoms with Crippen molar-refractivity contribution in [2.45, 2.75) is 12.6 Å². The molecule has 0 saturated heterocycles.